The van der Waals surface area contributed by atoms with Crippen molar-refractivity contribution in [1.82, 2.24) is 5.43 Å². The largest absolute Gasteiger partial charge is 0.272 e. The maximum atomic E-state index is 13.3. The second-order valence-electron chi connectivity index (χ2n) is 3.82. The van der Waals surface area contributed by atoms with Gasteiger partial charge in [-0.3, -0.25) is 4.79 Å². The summed E-state index contributed by atoms with van der Waals surface area (Å²) in [7, 11) is 0. The summed E-state index contributed by atoms with van der Waals surface area (Å²) in [5.41, 5.74) is 2.37. The molecule has 0 aliphatic rings. The van der Waals surface area contributed by atoms with Crippen molar-refractivity contribution in [3.8, 4) is 0 Å². The SMILES string of the molecule is O=C(N/N=C/c1cccc(F)c1F)c1ccccc1Cl. The van der Waals surface area contributed by atoms with E-state index in [1.165, 1.54) is 18.2 Å². The van der Waals surface area contributed by atoms with Crippen molar-refractivity contribution >= 4 is 23.7 Å². The van der Waals surface area contributed by atoms with Gasteiger partial charge in [-0.1, -0.05) is 35.9 Å². The Morgan fingerprint density at radius 2 is 1.90 bits per heavy atom. The van der Waals surface area contributed by atoms with Crippen LogP contribution in [0.5, 0.6) is 0 Å². The molecule has 0 spiro atoms. The Morgan fingerprint density at radius 3 is 2.65 bits per heavy atom. The summed E-state index contributed by atoms with van der Waals surface area (Å²) in [6, 6.07) is 10.1. The Hall–Kier alpha value is -2.27. The summed E-state index contributed by atoms with van der Waals surface area (Å²) in [6.07, 6.45) is 1.02. The van der Waals surface area contributed by atoms with Gasteiger partial charge in [-0.25, -0.2) is 14.2 Å². The van der Waals surface area contributed by atoms with Crippen LogP contribution in [0.2, 0.25) is 5.02 Å². The highest BCUT2D eigenvalue weighted by Gasteiger charge is 2.08. The van der Waals surface area contributed by atoms with Gasteiger partial charge in [0.05, 0.1) is 16.8 Å². The molecular formula is C14H9ClF2N2O. The predicted octanol–water partition coefficient (Wildman–Crippen LogP) is 3.38. The number of hydrazone groups is 1. The summed E-state index contributed by atoms with van der Waals surface area (Å²) in [5, 5.41) is 3.85. The van der Waals surface area contributed by atoms with E-state index in [0.29, 0.717) is 0 Å². The molecule has 0 saturated heterocycles. The molecule has 0 fully saturated rings. The molecule has 1 amide bonds. The maximum Gasteiger partial charge on any atom is 0.272 e. The van der Waals surface area contributed by atoms with E-state index in [1.807, 2.05) is 0 Å². The van der Waals surface area contributed by atoms with Crippen molar-refractivity contribution in [2.45, 2.75) is 0 Å². The number of nitrogens with zero attached hydrogens (tertiary/aromatic N) is 1. The number of nitrogens with one attached hydrogen (secondary N) is 1. The highest BCUT2D eigenvalue weighted by atomic mass is 35.5. The Bertz CT molecular complexity index is 674. The molecule has 0 saturated carbocycles. The molecule has 6 heteroatoms. The van der Waals surface area contributed by atoms with Gasteiger partial charge in [0.1, 0.15) is 0 Å². The van der Waals surface area contributed by atoms with Gasteiger partial charge in [0.2, 0.25) is 0 Å². The van der Waals surface area contributed by atoms with Crippen LogP contribution in [0.25, 0.3) is 0 Å². The molecule has 0 heterocycles. The van der Waals surface area contributed by atoms with Gasteiger partial charge in [0.25, 0.3) is 5.91 Å². The quantitative estimate of drug-likeness (QED) is 0.684. The number of carbonyl (C=O) groups excluding carboxylic acids is 1. The zero-order valence-electron chi connectivity index (χ0n) is 10.1. The highest BCUT2D eigenvalue weighted by Crippen LogP contribution is 2.14. The van der Waals surface area contributed by atoms with Gasteiger partial charge in [0.15, 0.2) is 11.6 Å². The van der Waals surface area contributed by atoms with Gasteiger partial charge in [-0.15, -0.1) is 0 Å². The third-order valence-corrected chi connectivity index (χ3v) is 2.80. The molecule has 3 nitrogen and oxygen atoms in total. The molecule has 2 aromatic rings. The normalized spacial score (nSPS) is 10.8. The highest BCUT2D eigenvalue weighted by molar-refractivity contribution is 6.33. The standard InChI is InChI=1S/C14H9ClF2N2O/c15-11-6-2-1-5-10(11)14(20)19-18-8-9-4-3-7-12(16)13(9)17/h1-8H,(H,19,20)/b18-8+. The minimum atomic E-state index is -1.02. The molecular weight excluding hydrogens is 286 g/mol. The second-order valence-corrected chi connectivity index (χ2v) is 4.23. The summed E-state index contributed by atoms with van der Waals surface area (Å²) in [6.45, 7) is 0. The van der Waals surface area contributed by atoms with Crippen molar-refractivity contribution < 1.29 is 13.6 Å². The number of hydrogen-bond acceptors (Lipinski definition) is 2. The molecule has 0 aliphatic carbocycles. The third kappa shape index (κ3) is 3.19. The first-order valence-electron chi connectivity index (χ1n) is 5.61. The van der Waals surface area contributed by atoms with Gasteiger partial charge < -0.3 is 0 Å². The fraction of sp³-hybridized carbons (Fsp3) is 0. The Labute approximate surface area is 118 Å². The Balaban J connectivity index is 2.09. The topological polar surface area (TPSA) is 41.5 Å². The van der Waals surface area contributed by atoms with E-state index in [-0.39, 0.29) is 16.1 Å². The molecule has 102 valence electrons. The van der Waals surface area contributed by atoms with Crippen LogP contribution in [-0.4, -0.2) is 12.1 Å². The van der Waals surface area contributed by atoms with E-state index < -0.39 is 17.5 Å². The Morgan fingerprint density at radius 1 is 1.15 bits per heavy atom. The number of halogens is 3. The average molecular weight is 295 g/mol. The number of benzene rings is 2. The molecule has 0 bridgehead atoms. The number of hydrogen-bond donors (Lipinski definition) is 1. The first-order chi connectivity index (χ1) is 9.59. The fourth-order valence-corrected chi connectivity index (χ4v) is 1.71. The minimum absolute atomic E-state index is 0.0653. The smallest absolute Gasteiger partial charge is 0.267 e. The monoisotopic (exact) mass is 294 g/mol. The van der Waals surface area contributed by atoms with Crippen molar-refractivity contribution in [1.29, 1.82) is 0 Å². The van der Waals surface area contributed by atoms with E-state index in [4.69, 9.17) is 11.6 Å². The fourth-order valence-electron chi connectivity index (χ4n) is 1.49. The second kappa shape index (κ2) is 6.25. The zero-order valence-corrected chi connectivity index (χ0v) is 10.9. The Kier molecular flexibility index (Phi) is 4.42. The van der Waals surface area contributed by atoms with Crippen LogP contribution in [0.3, 0.4) is 0 Å². The van der Waals surface area contributed by atoms with Crippen LogP contribution in [-0.2, 0) is 0 Å². The molecule has 0 aromatic heterocycles. The van der Waals surface area contributed by atoms with E-state index in [1.54, 1.807) is 18.2 Å². The summed E-state index contributed by atoms with van der Waals surface area (Å²) < 4.78 is 26.3. The molecule has 0 unspecified atom stereocenters. The number of carbonyl (C=O) groups is 1. The summed E-state index contributed by atoms with van der Waals surface area (Å²) in [5.74, 6) is -2.54. The van der Waals surface area contributed by atoms with Crippen LogP contribution in [0.4, 0.5) is 8.78 Å². The first-order valence-corrected chi connectivity index (χ1v) is 5.99. The molecule has 1 N–H and O–H groups in total. The molecule has 0 radical (unpaired) electrons. The number of amides is 1. The lowest BCUT2D eigenvalue weighted by Crippen LogP contribution is -2.18. The van der Waals surface area contributed by atoms with Crippen LogP contribution in [0, 0.1) is 11.6 Å². The van der Waals surface area contributed by atoms with E-state index in [0.717, 1.165) is 12.3 Å². The van der Waals surface area contributed by atoms with Crippen LogP contribution in [0.15, 0.2) is 47.6 Å². The lowest BCUT2D eigenvalue weighted by molar-refractivity contribution is 0.0955. The average Bonchev–Trinajstić information content (AvgIpc) is 2.44. The van der Waals surface area contributed by atoms with Crippen molar-refractivity contribution in [3.05, 3.63) is 70.2 Å². The molecule has 2 rings (SSSR count). The molecule has 0 aliphatic heterocycles. The van der Waals surface area contributed by atoms with E-state index >= 15 is 0 Å². The minimum Gasteiger partial charge on any atom is -0.267 e. The van der Waals surface area contributed by atoms with Crippen LogP contribution >= 0.6 is 11.6 Å². The summed E-state index contributed by atoms with van der Waals surface area (Å²) in [4.78, 5) is 11.7. The third-order valence-electron chi connectivity index (χ3n) is 2.47. The zero-order chi connectivity index (χ0) is 14.5. The van der Waals surface area contributed by atoms with Gasteiger partial charge in [-0.2, -0.15) is 5.10 Å². The van der Waals surface area contributed by atoms with Crippen molar-refractivity contribution in [2.24, 2.45) is 5.10 Å². The number of rotatable bonds is 3. The predicted molar refractivity (Wildman–Crippen MR) is 72.9 cm³/mol. The molecule has 20 heavy (non-hydrogen) atoms. The van der Waals surface area contributed by atoms with E-state index in [9.17, 15) is 13.6 Å². The lowest BCUT2D eigenvalue weighted by atomic mass is 10.2. The van der Waals surface area contributed by atoms with Crippen LogP contribution < -0.4 is 5.43 Å². The molecule has 0 atom stereocenters. The van der Waals surface area contributed by atoms with Crippen LogP contribution in [0.1, 0.15) is 15.9 Å². The van der Waals surface area contributed by atoms with Gasteiger partial charge in [-0.05, 0) is 18.2 Å². The van der Waals surface area contributed by atoms with Crippen molar-refractivity contribution in [2.75, 3.05) is 0 Å². The van der Waals surface area contributed by atoms with Gasteiger partial charge in [0, 0.05) is 5.56 Å². The molecule has 2 aromatic carbocycles. The first kappa shape index (κ1) is 14.1. The van der Waals surface area contributed by atoms with Crippen molar-refractivity contribution in [3.63, 3.8) is 0 Å². The lowest BCUT2D eigenvalue weighted by Gasteiger charge is -2.02. The maximum absolute atomic E-state index is 13.3. The van der Waals surface area contributed by atoms with Gasteiger partial charge >= 0.3 is 0 Å². The van der Waals surface area contributed by atoms with E-state index in [2.05, 4.69) is 10.5 Å². The summed E-state index contributed by atoms with van der Waals surface area (Å²) >= 11 is 5.84.